The summed E-state index contributed by atoms with van der Waals surface area (Å²) >= 11 is 1.09. The minimum absolute atomic E-state index is 1.09. The van der Waals surface area contributed by atoms with Gasteiger partial charge in [-0.25, -0.2) is 4.99 Å². The minimum Gasteiger partial charge on any atom is -0.425 e. The molecule has 2 nitrogen and oxygen atoms in total. The monoisotopic (exact) mass is 100.0 g/mol. The van der Waals surface area contributed by atoms with Crippen molar-refractivity contribution in [3.63, 3.8) is 0 Å². The van der Waals surface area contributed by atoms with Crippen LogP contribution in [0.4, 0.5) is 0 Å². The van der Waals surface area contributed by atoms with Gasteiger partial charge in [-0.05, 0) is 0 Å². The molecule has 0 aromatic heterocycles. The molecule has 6 heavy (non-hydrogen) atoms. The first-order chi connectivity index (χ1) is 3.00. The molecular weight excluding hydrogens is 98.1 g/mol. The van der Waals surface area contributed by atoms with Gasteiger partial charge in [0.1, 0.15) is 18.3 Å². The molecule has 0 atom stereocenters. The number of hydrogen-bond acceptors (Lipinski definition) is 3. The SMILES string of the molecule is [C]1=NC=COS1. The Labute approximate surface area is 40.1 Å². The normalized spacial score (nSPS) is 17.3. The number of rotatable bonds is 0. The highest BCUT2D eigenvalue weighted by molar-refractivity contribution is 8.08. The third-order valence-corrected chi connectivity index (χ3v) is 0.716. The fourth-order valence-electron chi connectivity index (χ4n) is 0.157. The lowest BCUT2D eigenvalue weighted by Crippen LogP contribution is -1.70. The van der Waals surface area contributed by atoms with Crippen LogP contribution in [-0.2, 0) is 4.18 Å². The molecule has 0 fully saturated rings. The van der Waals surface area contributed by atoms with E-state index in [1.807, 2.05) is 0 Å². The van der Waals surface area contributed by atoms with Crippen LogP contribution in [0.15, 0.2) is 17.5 Å². The highest BCUT2D eigenvalue weighted by Gasteiger charge is 1.80. The Hall–Kier alpha value is -0.440. The van der Waals surface area contributed by atoms with Crippen LogP contribution in [-0.4, -0.2) is 5.55 Å². The number of hydrogen-bond donors (Lipinski definition) is 0. The molecule has 0 spiro atoms. The van der Waals surface area contributed by atoms with Gasteiger partial charge in [0.2, 0.25) is 0 Å². The number of nitrogens with zero attached hydrogens (tertiary/aromatic N) is 1. The van der Waals surface area contributed by atoms with E-state index in [0.717, 1.165) is 12.0 Å². The van der Waals surface area contributed by atoms with Crippen LogP contribution in [0.3, 0.4) is 0 Å². The summed E-state index contributed by atoms with van der Waals surface area (Å²) < 4.78 is 4.60. The standard InChI is InChI=1S/C3H2NOS/c1-2-5-6-3-4-1/h1-2H. The molecule has 0 bridgehead atoms. The molecule has 1 radical (unpaired) electrons. The van der Waals surface area contributed by atoms with Crippen molar-refractivity contribution in [3.8, 4) is 0 Å². The van der Waals surface area contributed by atoms with E-state index in [4.69, 9.17) is 0 Å². The fraction of sp³-hybridized carbons (Fsp3) is 0. The molecule has 1 aliphatic rings. The fourth-order valence-corrected chi connectivity index (χ4v) is 0.409. The van der Waals surface area contributed by atoms with Crippen LogP contribution in [0.1, 0.15) is 0 Å². The second-order valence-electron chi connectivity index (χ2n) is 0.685. The topological polar surface area (TPSA) is 21.6 Å². The quantitative estimate of drug-likeness (QED) is 0.424. The van der Waals surface area contributed by atoms with Gasteiger partial charge >= 0.3 is 0 Å². The first-order valence-electron chi connectivity index (χ1n) is 1.42. The molecule has 0 aromatic carbocycles. The Morgan fingerprint density at radius 1 is 1.83 bits per heavy atom. The summed E-state index contributed by atoms with van der Waals surface area (Å²) in [4.78, 5) is 3.58. The van der Waals surface area contributed by atoms with Crippen molar-refractivity contribution in [2.24, 2.45) is 4.99 Å². The zero-order chi connectivity index (χ0) is 4.24. The molecule has 1 aliphatic heterocycles. The van der Waals surface area contributed by atoms with Crippen LogP contribution >= 0.6 is 12.0 Å². The Morgan fingerprint density at radius 2 is 2.83 bits per heavy atom. The van der Waals surface area contributed by atoms with Crippen molar-refractivity contribution in [1.82, 2.24) is 0 Å². The third-order valence-electron chi connectivity index (χ3n) is 0.329. The molecule has 31 valence electrons. The van der Waals surface area contributed by atoms with Gasteiger partial charge in [-0.15, -0.1) is 0 Å². The Bertz CT molecular complexity index is 76.8. The van der Waals surface area contributed by atoms with E-state index in [0.29, 0.717) is 0 Å². The lowest BCUT2D eigenvalue weighted by atomic mass is 11.0. The van der Waals surface area contributed by atoms with Crippen LogP contribution in [0.5, 0.6) is 0 Å². The lowest BCUT2D eigenvalue weighted by molar-refractivity contribution is 0.569. The lowest BCUT2D eigenvalue weighted by Gasteiger charge is -1.89. The molecule has 0 aliphatic carbocycles. The molecule has 1 rings (SSSR count). The third kappa shape index (κ3) is 0.755. The molecule has 0 N–H and O–H groups in total. The van der Waals surface area contributed by atoms with Crippen LogP contribution in [0.25, 0.3) is 0 Å². The van der Waals surface area contributed by atoms with Gasteiger partial charge in [0, 0.05) is 0 Å². The zero-order valence-electron chi connectivity index (χ0n) is 2.92. The molecule has 0 unspecified atom stereocenters. The summed E-state index contributed by atoms with van der Waals surface area (Å²) in [7, 11) is 0. The summed E-state index contributed by atoms with van der Waals surface area (Å²) in [6.07, 6.45) is 3.04. The average molecular weight is 100 g/mol. The van der Waals surface area contributed by atoms with E-state index in [1.54, 1.807) is 0 Å². The van der Waals surface area contributed by atoms with Crippen molar-refractivity contribution in [2.45, 2.75) is 0 Å². The maximum atomic E-state index is 4.60. The smallest absolute Gasteiger partial charge is 0.172 e. The van der Waals surface area contributed by atoms with Crippen LogP contribution < -0.4 is 0 Å². The molecule has 1 heterocycles. The van der Waals surface area contributed by atoms with Gasteiger partial charge in [-0.2, -0.15) is 0 Å². The zero-order valence-corrected chi connectivity index (χ0v) is 3.73. The Kier molecular flexibility index (Phi) is 1.17. The highest BCUT2D eigenvalue weighted by atomic mass is 32.2. The Balaban J connectivity index is 2.46. The van der Waals surface area contributed by atoms with Gasteiger partial charge in [0.15, 0.2) is 5.55 Å². The predicted molar refractivity (Wildman–Crippen MR) is 25.3 cm³/mol. The maximum absolute atomic E-state index is 4.60. The van der Waals surface area contributed by atoms with E-state index in [2.05, 4.69) is 14.7 Å². The first-order valence-corrected chi connectivity index (χ1v) is 2.16. The summed E-state index contributed by atoms with van der Waals surface area (Å²) in [5.74, 6) is 0. The molecule has 3 heteroatoms. The van der Waals surface area contributed by atoms with E-state index in [9.17, 15) is 0 Å². The maximum Gasteiger partial charge on any atom is 0.172 e. The van der Waals surface area contributed by atoms with Gasteiger partial charge in [0.25, 0.3) is 0 Å². The van der Waals surface area contributed by atoms with Gasteiger partial charge in [0.05, 0.1) is 6.20 Å². The molecular formula is C3H2NOS. The van der Waals surface area contributed by atoms with E-state index in [-0.39, 0.29) is 0 Å². The number of aliphatic imine (C=N–C) groups is 1. The van der Waals surface area contributed by atoms with Gasteiger partial charge in [-0.3, -0.25) is 0 Å². The minimum atomic E-state index is 1.09. The Morgan fingerprint density at radius 3 is 3.00 bits per heavy atom. The average Bonchev–Trinajstić information content (AvgIpc) is 1.72. The predicted octanol–water partition coefficient (Wildman–Crippen LogP) is 1.04. The van der Waals surface area contributed by atoms with Crippen molar-refractivity contribution < 1.29 is 4.18 Å². The van der Waals surface area contributed by atoms with Crippen molar-refractivity contribution in [1.29, 1.82) is 0 Å². The molecule has 0 amide bonds. The van der Waals surface area contributed by atoms with Gasteiger partial charge < -0.3 is 4.18 Å². The largest absolute Gasteiger partial charge is 0.425 e. The second kappa shape index (κ2) is 1.87. The van der Waals surface area contributed by atoms with E-state index >= 15 is 0 Å². The van der Waals surface area contributed by atoms with E-state index < -0.39 is 0 Å². The van der Waals surface area contributed by atoms with Crippen molar-refractivity contribution >= 4 is 17.6 Å². The van der Waals surface area contributed by atoms with Crippen molar-refractivity contribution in [3.05, 3.63) is 12.5 Å². The summed E-state index contributed by atoms with van der Waals surface area (Å²) in [6, 6.07) is 0. The highest BCUT2D eigenvalue weighted by Crippen LogP contribution is 2.02. The van der Waals surface area contributed by atoms with E-state index in [1.165, 1.54) is 12.5 Å². The molecule has 0 saturated heterocycles. The van der Waals surface area contributed by atoms with Crippen LogP contribution in [0, 0.1) is 0 Å². The summed E-state index contributed by atoms with van der Waals surface area (Å²) in [5, 5.41) is 0. The molecule has 0 aromatic rings. The van der Waals surface area contributed by atoms with Crippen molar-refractivity contribution in [2.75, 3.05) is 0 Å². The van der Waals surface area contributed by atoms with Gasteiger partial charge in [-0.1, -0.05) is 0 Å². The summed E-state index contributed by atoms with van der Waals surface area (Å²) in [6.45, 7) is 0. The van der Waals surface area contributed by atoms with Crippen LogP contribution in [0.2, 0.25) is 0 Å². The first kappa shape index (κ1) is 3.74. The molecule has 0 saturated carbocycles. The second-order valence-corrected chi connectivity index (χ2v) is 1.23. The summed E-state index contributed by atoms with van der Waals surface area (Å²) in [5.41, 5.74) is 2.52.